The molecule has 7 heteroatoms. The summed E-state index contributed by atoms with van der Waals surface area (Å²) in [4.78, 5) is 5.40. The number of aryl methyl sites for hydroxylation is 1. The highest BCUT2D eigenvalue weighted by Crippen LogP contribution is 2.21. The van der Waals surface area contributed by atoms with E-state index in [-0.39, 0.29) is 6.61 Å². The van der Waals surface area contributed by atoms with Crippen molar-refractivity contribution in [3.63, 3.8) is 0 Å². The molecule has 1 aromatic heterocycles. The molecule has 0 amide bonds. The van der Waals surface area contributed by atoms with Crippen LogP contribution in [0.15, 0.2) is 0 Å². The number of ether oxygens (including phenoxy) is 1. The first kappa shape index (κ1) is 16.4. The molecule has 1 aromatic rings. The molecule has 0 aliphatic rings. The molecule has 0 fully saturated rings. The van der Waals surface area contributed by atoms with E-state index in [1.165, 1.54) is 11.3 Å². The van der Waals surface area contributed by atoms with Crippen LogP contribution < -0.4 is 5.32 Å². The lowest BCUT2D eigenvalue weighted by molar-refractivity contribution is -0.176. The van der Waals surface area contributed by atoms with Crippen LogP contribution in [0.3, 0.4) is 0 Å². The first-order chi connectivity index (χ1) is 8.96. The Labute approximate surface area is 115 Å². The Bertz CT molecular complexity index is 380. The van der Waals surface area contributed by atoms with E-state index in [2.05, 4.69) is 22.0 Å². The Morgan fingerprint density at radius 3 is 2.63 bits per heavy atom. The summed E-state index contributed by atoms with van der Waals surface area (Å²) in [6, 6.07) is 0. The highest BCUT2D eigenvalue weighted by Gasteiger charge is 2.27. The van der Waals surface area contributed by atoms with Gasteiger partial charge in [-0.15, -0.1) is 11.3 Å². The number of nitrogens with one attached hydrogen (secondary N) is 1. The largest absolute Gasteiger partial charge is 0.411 e. The second-order valence-electron chi connectivity index (χ2n) is 4.12. The Kier molecular flexibility index (Phi) is 6.74. The lowest BCUT2D eigenvalue weighted by atomic mass is 10.3. The van der Waals surface area contributed by atoms with Crippen LogP contribution in [0, 0.1) is 0 Å². The van der Waals surface area contributed by atoms with Crippen molar-refractivity contribution in [3.8, 4) is 0 Å². The van der Waals surface area contributed by atoms with Crippen molar-refractivity contribution in [2.24, 2.45) is 0 Å². The van der Waals surface area contributed by atoms with Crippen LogP contribution in [0.25, 0.3) is 0 Å². The molecule has 0 aliphatic carbocycles. The number of hydrogen-bond donors (Lipinski definition) is 1. The maximum Gasteiger partial charge on any atom is 0.411 e. The molecule has 0 aliphatic heterocycles. The lowest BCUT2D eigenvalue weighted by Crippen LogP contribution is -2.16. The van der Waals surface area contributed by atoms with E-state index in [1.807, 2.05) is 6.92 Å². The Hall–Kier alpha value is -0.660. The van der Waals surface area contributed by atoms with Crippen LogP contribution in [-0.4, -0.2) is 24.3 Å². The van der Waals surface area contributed by atoms with Crippen molar-refractivity contribution in [2.45, 2.75) is 46.0 Å². The second kappa shape index (κ2) is 7.81. The standard InChI is InChI=1S/C12H19F3N2OS/c1-3-5-16-6-10-9(4-2)17-11(19-10)7-18-8-12(13,14)15/h16H,3-8H2,1-2H3. The van der Waals surface area contributed by atoms with Gasteiger partial charge in [-0.25, -0.2) is 4.98 Å². The van der Waals surface area contributed by atoms with Crippen molar-refractivity contribution in [1.82, 2.24) is 10.3 Å². The second-order valence-corrected chi connectivity index (χ2v) is 5.28. The maximum absolute atomic E-state index is 12.0. The van der Waals surface area contributed by atoms with Crippen molar-refractivity contribution >= 4 is 11.3 Å². The van der Waals surface area contributed by atoms with Crippen molar-refractivity contribution in [3.05, 3.63) is 15.6 Å². The zero-order chi connectivity index (χ0) is 14.3. The molecule has 1 N–H and O–H groups in total. The minimum Gasteiger partial charge on any atom is -0.365 e. The minimum atomic E-state index is -4.28. The SMILES string of the molecule is CCCNCc1sc(COCC(F)(F)F)nc1CC. The van der Waals surface area contributed by atoms with Gasteiger partial charge in [0.1, 0.15) is 11.6 Å². The van der Waals surface area contributed by atoms with Gasteiger partial charge in [-0.3, -0.25) is 0 Å². The van der Waals surface area contributed by atoms with Gasteiger partial charge >= 0.3 is 6.18 Å². The molecule has 0 saturated carbocycles. The number of halogens is 3. The van der Waals surface area contributed by atoms with Gasteiger partial charge in [0.2, 0.25) is 0 Å². The van der Waals surface area contributed by atoms with Crippen LogP contribution >= 0.6 is 11.3 Å². The maximum atomic E-state index is 12.0. The molecule has 0 saturated heterocycles. The van der Waals surface area contributed by atoms with Gasteiger partial charge in [0.05, 0.1) is 12.3 Å². The molecule has 1 rings (SSSR count). The van der Waals surface area contributed by atoms with Crippen molar-refractivity contribution in [2.75, 3.05) is 13.2 Å². The minimum absolute atomic E-state index is 0.0784. The smallest absolute Gasteiger partial charge is 0.365 e. The van der Waals surface area contributed by atoms with E-state index in [4.69, 9.17) is 0 Å². The number of nitrogens with zero attached hydrogens (tertiary/aromatic N) is 1. The summed E-state index contributed by atoms with van der Waals surface area (Å²) < 4.78 is 40.5. The van der Waals surface area contributed by atoms with E-state index in [1.54, 1.807) is 0 Å². The van der Waals surface area contributed by atoms with Crippen LogP contribution in [-0.2, 0) is 24.3 Å². The fraction of sp³-hybridized carbons (Fsp3) is 0.750. The van der Waals surface area contributed by atoms with Gasteiger partial charge in [0.15, 0.2) is 0 Å². The molecule has 1 heterocycles. The summed E-state index contributed by atoms with van der Waals surface area (Å²) >= 11 is 1.42. The van der Waals surface area contributed by atoms with E-state index in [9.17, 15) is 13.2 Å². The van der Waals surface area contributed by atoms with Crippen molar-refractivity contribution < 1.29 is 17.9 Å². The average molecular weight is 296 g/mol. The van der Waals surface area contributed by atoms with Gasteiger partial charge in [-0.2, -0.15) is 13.2 Å². The quantitative estimate of drug-likeness (QED) is 0.748. The number of rotatable bonds is 8. The highest BCUT2D eigenvalue weighted by molar-refractivity contribution is 7.11. The first-order valence-corrected chi connectivity index (χ1v) is 7.10. The summed E-state index contributed by atoms with van der Waals surface area (Å²) in [6.45, 7) is 4.40. The molecule has 0 aromatic carbocycles. The zero-order valence-corrected chi connectivity index (χ0v) is 12.0. The summed E-state index contributed by atoms with van der Waals surface area (Å²) in [5.41, 5.74) is 0.944. The summed E-state index contributed by atoms with van der Waals surface area (Å²) in [5, 5.41) is 3.88. The van der Waals surface area contributed by atoms with Crippen LogP contribution in [0.1, 0.15) is 35.8 Å². The normalized spacial score (nSPS) is 12.1. The van der Waals surface area contributed by atoms with Gasteiger partial charge in [-0.05, 0) is 19.4 Å². The van der Waals surface area contributed by atoms with E-state index >= 15 is 0 Å². The fourth-order valence-corrected chi connectivity index (χ4v) is 2.61. The van der Waals surface area contributed by atoms with Gasteiger partial charge in [-0.1, -0.05) is 13.8 Å². The molecule has 0 unspecified atom stereocenters. The number of hydrogen-bond acceptors (Lipinski definition) is 4. The number of alkyl halides is 3. The monoisotopic (exact) mass is 296 g/mol. The lowest BCUT2D eigenvalue weighted by Gasteiger charge is -2.05. The van der Waals surface area contributed by atoms with E-state index in [0.717, 1.165) is 30.0 Å². The highest BCUT2D eigenvalue weighted by atomic mass is 32.1. The molecule has 0 radical (unpaired) electrons. The third kappa shape index (κ3) is 6.35. The Morgan fingerprint density at radius 2 is 2.05 bits per heavy atom. The number of aromatic nitrogens is 1. The fourth-order valence-electron chi connectivity index (χ4n) is 1.55. The van der Waals surface area contributed by atoms with E-state index in [0.29, 0.717) is 11.6 Å². The Balaban J connectivity index is 2.50. The van der Waals surface area contributed by atoms with E-state index < -0.39 is 12.8 Å². The van der Waals surface area contributed by atoms with Gasteiger partial charge < -0.3 is 10.1 Å². The van der Waals surface area contributed by atoms with Crippen LogP contribution in [0.5, 0.6) is 0 Å². The molecule has 0 atom stereocenters. The molecule has 19 heavy (non-hydrogen) atoms. The average Bonchev–Trinajstić information content (AvgIpc) is 2.70. The molecule has 0 spiro atoms. The molecular formula is C12H19F3N2OS. The van der Waals surface area contributed by atoms with Crippen LogP contribution in [0.4, 0.5) is 13.2 Å². The summed E-state index contributed by atoms with van der Waals surface area (Å²) in [5.74, 6) is 0. The van der Waals surface area contributed by atoms with Gasteiger partial charge in [0, 0.05) is 11.4 Å². The zero-order valence-electron chi connectivity index (χ0n) is 11.1. The third-order valence-electron chi connectivity index (χ3n) is 2.36. The summed E-state index contributed by atoms with van der Waals surface area (Å²) in [6.07, 6.45) is -2.46. The predicted octanol–water partition coefficient (Wildman–Crippen LogP) is 3.28. The van der Waals surface area contributed by atoms with Gasteiger partial charge in [0.25, 0.3) is 0 Å². The van der Waals surface area contributed by atoms with Crippen molar-refractivity contribution in [1.29, 1.82) is 0 Å². The molecule has 0 bridgehead atoms. The van der Waals surface area contributed by atoms with Crippen LogP contribution in [0.2, 0.25) is 0 Å². The summed E-state index contributed by atoms with van der Waals surface area (Å²) in [7, 11) is 0. The molecule has 110 valence electrons. The Morgan fingerprint density at radius 1 is 1.32 bits per heavy atom. The first-order valence-electron chi connectivity index (χ1n) is 6.29. The molecule has 3 nitrogen and oxygen atoms in total. The third-order valence-corrected chi connectivity index (χ3v) is 3.43. The molecular weight excluding hydrogens is 277 g/mol. The number of thiazole rings is 1. The topological polar surface area (TPSA) is 34.1 Å². The predicted molar refractivity (Wildman–Crippen MR) is 69.2 cm³/mol.